The van der Waals surface area contributed by atoms with Gasteiger partial charge in [-0.2, -0.15) is 0 Å². The number of hydrogen-bond acceptors (Lipinski definition) is 3. The van der Waals surface area contributed by atoms with E-state index < -0.39 is 5.91 Å². The van der Waals surface area contributed by atoms with Gasteiger partial charge < -0.3 is 16.8 Å². The summed E-state index contributed by atoms with van der Waals surface area (Å²) >= 11 is 11.9. The summed E-state index contributed by atoms with van der Waals surface area (Å²) in [6.07, 6.45) is 0. The first-order valence-electron chi connectivity index (χ1n) is 5.39. The molecule has 0 fully saturated rings. The number of carbonyl (C=O) groups is 1. The molecule has 0 saturated carbocycles. The first-order valence-corrected chi connectivity index (χ1v) is 6.14. The number of nitrogens with one attached hydrogen (secondary N) is 1. The Balaban J connectivity index is 2.37. The number of primary amides is 1. The molecule has 0 spiro atoms. The number of amides is 1. The van der Waals surface area contributed by atoms with E-state index in [1.165, 1.54) is 0 Å². The third-order valence-corrected chi connectivity index (χ3v) is 3.09. The van der Waals surface area contributed by atoms with Crippen LogP contribution in [0.25, 0.3) is 0 Å². The Kier molecular flexibility index (Phi) is 3.83. The van der Waals surface area contributed by atoms with Gasteiger partial charge in [-0.1, -0.05) is 23.2 Å². The first-order chi connectivity index (χ1) is 8.97. The van der Waals surface area contributed by atoms with E-state index >= 15 is 0 Å². The minimum atomic E-state index is -0.523. The van der Waals surface area contributed by atoms with Gasteiger partial charge in [0.05, 0.1) is 22.1 Å². The predicted octanol–water partition coefficient (Wildman–Crippen LogP) is 3.42. The number of halogens is 2. The number of carbonyl (C=O) groups excluding carboxylic acids is 1. The molecule has 2 aromatic carbocycles. The maximum atomic E-state index is 11.1. The van der Waals surface area contributed by atoms with Crippen molar-refractivity contribution in [3.05, 3.63) is 52.0 Å². The van der Waals surface area contributed by atoms with Gasteiger partial charge in [0, 0.05) is 10.6 Å². The van der Waals surface area contributed by atoms with Gasteiger partial charge in [0.2, 0.25) is 5.91 Å². The Hall–Kier alpha value is -1.91. The van der Waals surface area contributed by atoms with Gasteiger partial charge in [-0.05, 0) is 36.4 Å². The Morgan fingerprint density at radius 2 is 1.79 bits per heavy atom. The minimum Gasteiger partial charge on any atom is -0.397 e. The Bertz CT molecular complexity index is 644. The number of anilines is 3. The molecule has 98 valence electrons. The molecular weight excluding hydrogens is 285 g/mol. The third kappa shape index (κ3) is 3.10. The molecule has 19 heavy (non-hydrogen) atoms. The molecule has 0 aliphatic heterocycles. The molecule has 0 aromatic heterocycles. The van der Waals surface area contributed by atoms with Crippen LogP contribution in [-0.4, -0.2) is 5.91 Å². The molecule has 0 aliphatic carbocycles. The zero-order valence-electron chi connectivity index (χ0n) is 9.78. The second-order valence-electron chi connectivity index (χ2n) is 3.92. The zero-order valence-corrected chi connectivity index (χ0v) is 11.3. The fraction of sp³-hybridized carbons (Fsp3) is 0. The van der Waals surface area contributed by atoms with E-state index in [2.05, 4.69) is 5.32 Å². The van der Waals surface area contributed by atoms with Gasteiger partial charge in [-0.25, -0.2) is 0 Å². The van der Waals surface area contributed by atoms with E-state index in [-0.39, 0.29) is 0 Å². The number of nitrogens with two attached hydrogens (primary N) is 2. The zero-order chi connectivity index (χ0) is 14.0. The van der Waals surface area contributed by atoms with Crippen LogP contribution in [0.2, 0.25) is 10.0 Å². The highest BCUT2D eigenvalue weighted by Crippen LogP contribution is 2.30. The summed E-state index contributed by atoms with van der Waals surface area (Å²) in [7, 11) is 0. The van der Waals surface area contributed by atoms with Crippen molar-refractivity contribution in [2.75, 3.05) is 11.1 Å². The second-order valence-corrected chi connectivity index (χ2v) is 4.76. The molecule has 2 rings (SSSR count). The van der Waals surface area contributed by atoms with E-state index in [0.717, 1.165) is 0 Å². The normalized spacial score (nSPS) is 10.2. The summed E-state index contributed by atoms with van der Waals surface area (Å²) < 4.78 is 0. The monoisotopic (exact) mass is 295 g/mol. The van der Waals surface area contributed by atoms with E-state index in [1.54, 1.807) is 36.4 Å². The summed E-state index contributed by atoms with van der Waals surface area (Å²) in [6.45, 7) is 0. The fourth-order valence-corrected chi connectivity index (χ4v) is 2.01. The van der Waals surface area contributed by atoms with Crippen molar-refractivity contribution in [3.8, 4) is 0 Å². The summed E-state index contributed by atoms with van der Waals surface area (Å²) in [4.78, 5) is 11.1. The molecule has 6 heteroatoms. The average Bonchev–Trinajstić information content (AvgIpc) is 2.34. The van der Waals surface area contributed by atoms with Crippen molar-refractivity contribution in [1.29, 1.82) is 0 Å². The first kappa shape index (κ1) is 13.5. The Labute approximate surface area is 120 Å². The maximum Gasteiger partial charge on any atom is 0.248 e. The van der Waals surface area contributed by atoms with Crippen LogP contribution >= 0.6 is 23.2 Å². The molecule has 0 unspecified atom stereocenters. The summed E-state index contributed by atoms with van der Waals surface area (Å²) in [5.74, 6) is -0.523. The molecule has 0 bridgehead atoms. The van der Waals surface area contributed by atoms with E-state index in [1.807, 2.05) is 0 Å². The number of hydrogen-bond donors (Lipinski definition) is 3. The summed E-state index contributed by atoms with van der Waals surface area (Å²) in [5, 5.41) is 4.03. The Morgan fingerprint density at radius 1 is 1.05 bits per heavy atom. The van der Waals surface area contributed by atoms with Crippen molar-refractivity contribution >= 4 is 46.2 Å². The van der Waals surface area contributed by atoms with Crippen molar-refractivity contribution in [1.82, 2.24) is 0 Å². The second kappa shape index (κ2) is 5.38. The van der Waals surface area contributed by atoms with Crippen molar-refractivity contribution in [2.24, 2.45) is 5.73 Å². The molecule has 1 amide bonds. The maximum absolute atomic E-state index is 11.1. The standard InChI is InChI=1S/C13H11Cl2N3O/c14-8-2-4-11(9(15)6-8)18-12-5-7(13(17)19)1-3-10(12)16/h1-6,18H,16H2,(H2,17,19). The van der Waals surface area contributed by atoms with Crippen LogP contribution in [0.3, 0.4) is 0 Å². The van der Waals surface area contributed by atoms with Gasteiger partial charge >= 0.3 is 0 Å². The molecule has 0 radical (unpaired) electrons. The molecule has 0 aliphatic rings. The van der Waals surface area contributed by atoms with E-state index in [9.17, 15) is 4.79 Å². The van der Waals surface area contributed by atoms with Gasteiger partial charge in [-0.3, -0.25) is 4.79 Å². The van der Waals surface area contributed by atoms with Crippen molar-refractivity contribution < 1.29 is 4.79 Å². The quantitative estimate of drug-likeness (QED) is 0.759. The molecule has 0 saturated heterocycles. The fourth-order valence-electron chi connectivity index (χ4n) is 1.55. The molecule has 0 atom stereocenters. The van der Waals surface area contributed by atoms with Gasteiger partial charge in [0.1, 0.15) is 0 Å². The van der Waals surface area contributed by atoms with Crippen LogP contribution in [-0.2, 0) is 0 Å². The van der Waals surface area contributed by atoms with E-state index in [0.29, 0.717) is 32.7 Å². The lowest BCUT2D eigenvalue weighted by Gasteiger charge is -2.12. The molecular formula is C13H11Cl2N3O. The van der Waals surface area contributed by atoms with Gasteiger partial charge in [0.25, 0.3) is 0 Å². The molecule has 4 nitrogen and oxygen atoms in total. The lowest BCUT2D eigenvalue weighted by molar-refractivity contribution is 0.100. The van der Waals surface area contributed by atoms with Crippen LogP contribution in [0.1, 0.15) is 10.4 Å². The van der Waals surface area contributed by atoms with Crippen molar-refractivity contribution in [2.45, 2.75) is 0 Å². The van der Waals surface area contributed by atoms with Gasteiger partial charge in [0.15, 0.2) is 0 Å². The smallest absolute Gasteiger partial charge is 0.248 e. The molecule has 2 aromatic rings. The van der Waals surface area contributed by atoms with Crippen LogP contribution in [0.5, 0.6) is 0 Å². The summed E-state index contributed by atoms with van der Waals surface area (Å²) in [6, 6.07) is 9.77. The van der Waals surface area contributed by atoms with E-state index in [4.69, 9.17) is 34.7 Å². The van der Waals surface area contributed by atoms with Crippen LogP contribution < -0.4 is 16.8 Å². The lowest BCUT2D eigenvalue weighted by Crippen LogP contribution is -2.11. The number of benzene rings is 2. The highest BCUT2D eigenvalue weighted by Gasteiger charge is 2.07. The minimum absolute atomic E-state index is 0.363. The number of rotatable bonds is 3. The topological polar surface area (TPSA) is 81.1 Å². The molecule has 5 N–H and O–H groups in total. The van der Waals surface area contributed by atoms with Crippen LogP contribution in [0, 0.1) is 0 Å². The third-order valence-electron chi connectivity index (χ3n) is 2.54. The molecule has 0 heterocycles. The lowest BCUT2D eigenvalue weighted by atomic mass is 10.1. The SMILES string of the molecule is NC(=O)c1ccc(N)c(Nc2ccc(Cl)cc2Cl)c1. The Morgan fingerprint density at radius 3 is 2.42 bits per heavy atom. The van der Waals surface area contributed by atoms with Crippen LogP contribution in [0.15, 0.2) is 36.4 Å². The largest absolute Gasteiger partial charge is 0.397 e. The highest BCUT2D eigenvalue weighted by atomic mass is 35.5. The predicted molar refractivity (Wildman–Crippen MR) is 79.1 cm³/mol. The van der Waals surface area contributed by atoms with Crippen molar-refractivity contribution in [3.63, 3.8) is 0 Å². The summed E-state index contributed by atoms with van der Waals surface area (Å²) in [5.41, 5.74) is 13.1. The van der Waals surface area contributed by atoms with Crippen LogP contribution in [0.4, 0.5) is 17.1 Å². The highest BCUT2D eigenvalue weighted by molar-refractivity contribution is 6.36. The number of nitrogen functional groups attached to an aromatic ring is 1. The average molecular weight is 296 g/mol. The van der Waals surface area contributed by atoms with Gasteiger partial charge in [-0.15, -0.1) is 0 Å².